The number of unbranched alkanes of at least 4 members (excludes halogenated alkanes) is 1. The average Bonchev–Trinajstić information content (AvgIpc) is 3.67. The number of nitrogens with one attached hydrogen (secondary N) is 1. The zero-order chi connectivity index (χ0) is 29.6. The molecule has 2 fully saturated rings. The highest BCUT2D eigenvalue weighted by molar-refractivity contribution is 5.81. The van der Waals surface area contributed by atoms with Gasteiger partial charge in [0.15, 0.2) is 23.5 Å². The van der Waals surface area contributed by atoms with E-state index >= 15 is 0 Å². The van der Waals surface area contributed by atoms with Crippen molar-refractivity contribution in [1.82, 2.24) is 34.4 Å². The zero-order valence-electron chi connectivity index (χ0n) is 25.3. The van der Waals surface area contributed by atoms with Gasteiger partial charge in [-0.05, 0) is 73.1 Å². The van der Waals surface area contributed by atoms with E-state index in [1.165, 1.54) is 6.33 Å². The van der Waals surface area contributed by atoms with Crippen LogP contribution in [0.1, 0.15) is 66.4 Å². The van der Waals surface area contributed by atoms with E-state index in [-0.39, 0.29) is 24.4 Å². The van der Waals surface area contributed by atoms with E-state index in [2.05, 4.69) is 38.7 Å². The summed E-state index contributed by atoms with van der Waals surface area (Å²) in [6.07, 6.45) is 5.08. The van der Waals surface area contributed by atoms with Crippen molar-refractivity contribution in [1.29, 1.82) is 0 Å². The number of nitrogens with zero attached hydrogens (tertiary/aromatic N) is 6. The van der Waals surface area contributed by atoms with E-state index in [0.717, 1.165) is 55.0 Å². The highest BCUT2D eigenvalue weighted by Gasteiger charge is 2.56. The summed E-state index contributed by atoms with van der Waals surface area (Å²) in [7, 11) is 0. The number of fused-ring (bicyclic) bond motifs is 3. The van der Waals surface area contributed by atoms with Crippen LogP contribution in [0.4, 0.5) is 5.82 Å². The molecule has 0 aliphatic carbocycles. The van der Waals surface area contributed by atoms with Crippen molar-refractivity contribution < 1.29 is 18.9 Å². The molecule has 226 valence electrons. The maximum absolute atomic E-state index is 6.64. The van der Waals surface area contributed by atoms with Crippen LogP contribution in [0.3, 0.4) is 0 Å². The Bertz CT molecular complexity index is 1530. The summed E-state index contributed by atoms with van der Waals surface area (Å²) < 4.78 is 27.1. The Morgan fingerprint density at radius 3 is 2.69 bits per heavy atom. The van der Waals surface area contributed by atoms with Gasteiger partial charge in [-0.1, -0.05) is 0 Å². The topological polar surface area (TPSA) is 138 Å². The molecule has 0 unspecified atom stereocenters. The SMILES string of the molecule is CC(C)Oc1ccc2[nH]c(CCCCN(C[C@H]3O[C@@H](n4cnc5c(N)ncnc54)[C@H]4OC(C)(C)O[C@@H]43)C(C)C)nc2c1. The van der Waals surface area contributed by atoms with Crippen LogP contribution >= 0.6 is 0 Å². The maximum atomic E-state index is 6.64. The first-order valence-electron chi connectivity index (χ1n) is 14.9. The molecule has 12 nitrogen and oxygen atoms in total. The number of aromatic nitrogens is 6. The molecule has 3 aromatic heterocycles. The molecular formula is C30H42N8O4. The lowest BCUT2D eigenvalue weighted by molar-refractivity contribution is -0.198. The van der Waals surface area contributed by atoms with Gasteiger partial charge in [0.1, 0.15) is 41.7 Å². The molecule has 4 atom stereocenters. The number of aromatic amines is 1. The van der Waals surface area contributed by atoms with Crippen LogP contribution < -0.4 is 10.5 Å². The molecule has 2 aliphatic rings. The molecule has 2 saturated heterocycles. The van der Waals surface area contributed by atoms with Gasteiger partial charge in [-0.15, -0.1) is 0 Å². The van der Waals surface area contributed by atoms with Gasteiger partial charge < -0.3 is 29.7 Å². The van der Waals surface area contributed by atoms with Crippen molar-refractivity contribution in [2.24, 2.45) is 0 Å². The summed E-state index contributed by atoms with van der Waals surface area (Å²) in [5.41, 5.74) is 9.19. The number of anilines is 1. The Kier molecular flexibility index (Phi) is 7.81. The third-order valence-corrected chi connectivity index (χ3v) is 7.92. The molecule has 12 heteroatoms. The molecule has 5 heterocycles. The van der Waals surface area contributed by atoms with Crippen LogP contribution in [0.25, 0.3) is 22.2 Å². The Morgan fingerprint density at radius 2 is 1.90 bits per heavy atom. The van der Waals surface area contributed by atoms with Crippen LogP contribution in [0.2, 0.25) is 0 Å². The van der Waals surface area contributed by atoms with Crippen LogP contribution in [0.5, 0.6) is 5.75 Å². The van der Waals surface area contributed by atoms with E-state index in [4.69, 9.17) is 29.7 Å². The molecule has 1 aromatic carbocycles. The Hall–Kier alpha value is -3.32. The molecule has 3 N–H and O–H groups in total. The van der Waals surface area contributed by atoms with Crippen LogP contribution in [0, 0.1) is 0 Å². The fourth-order valence-corrected chi connectivity index (χ4v) is 5.99. The first kappa shape index (κ1) is 28.8. The average molecular weight is 579 g/mol. The van der Waals surface area contributed by atoms with Crippen molar-refractivity contribution in [2.45, 2.75) is 103 Å². The quantitative estimate of drug-likeness (QED) is 0.249. The lowest BCUT2D eigenvalue weighted by Gasteiger charge is -2.31. The molecule has 2 aliphatic heterocycles. The minimum Gasteiger partial charge on any atom is -0.491 e. The lowest BCUT2D eigenvalue weighted by atomic mass is 10.1. The fourth-order valence-electron chi connectivity index (χ4n) is 5.99. The predicted molar refractivity (Wildman–Crippen MR) is 159 cm³/mol. The van der Waals surface area contributed by atoms with Crippen LogP contribution in [0.15, 0.2) is 30.9 Å². The first-order chi connectivity index (χ1) is 20.1. The number of hydrogen-bond donors (Lipinski definition) is 2. The first-order valence-corrected chi connectivity index (χ1v) is 14.9. The third-order valence-electron chi connectivity index (χ3n) is 7.92. The van der Waals surface area contributed by atoms with Crippen molar-refractivity contribution in [2.75, 3.05) is 18.8 Å². The standard InChI is InChI=1S/C30H42N8O4/c1-17(2)37(12-8-7-9-23-35-20-11-10-19(39-18(3)4)13-21(20)36-23)14-22-25-26(42-30(5,6)41-25)29(40-22)38-16-34-24-27(31)32-15-33-28(24)38/h10-11,13,15-18,22,25-26,29H,7-9,12,14H2,1-6H3,(H,35,36)(H2,31,32,33)/t22-,25-,26+,29-/m1/s1. The van der Waals surface area contributed by atoms with Crippen molar-refractivity contribution in [3.05, 3.63) is 36.7 Å². The number of ether oxygens (including phenoxy) is 4. The molecular weight excluding hydrogens is 536 g/mol. The minimum absolute atomic E-state index is 0.134. The Labute approximate surface area is 245 Å². The molecule has 4 aromatic rings. The molecule has 42 heavy (non-hydrogen) atoms. The van der Waals surface area contributed by atoms with Crippen molar-refractivity contribution in [3.63, 3.8) is 0 Å². The van der Waals surface area contributed by atoms with E-state index in [9.17, 15) is 0 Å². The monoisotopic (exact) mass is 578 g/mol. The summed E-state index contributed by atoms with van der Waals surface area (Å²) >= 11 is 0. The zero-order valence-corrected chi connectivity index (χ0v) is 25.3. The van der Waals surface area contributed by atoms with Gasteiger partial charge in [0.05, 0.1) is 23.5 Å². The number of aryl methyl sites for hydroxylation is 1. The highest BCUT2D eigenvalue weighted by atomic mass is 16.8. The molecule has 0 radical (unpaired) electrons. The number of rotatable bonds is 11. The number of benzene rings is 1. The van der Waals surface area contributed by atoms with E-state index < -0.39 is 12.0 Å². The summed E-state index contributed by atoms with van der Waals surface area (Å²) in [5, 5.41) is 0. The molecule has 0 spiro atoms. The summed E-state index contributed by atoms with van der Waals surface area (Å²) in [6.45, 7) is 14.1. The predicted octanol–water partition coefficient (Wildman–Crippen LogP) is 4.22. The van der Waals surface area contributed by atoms with Crippen LogP contribution in [-0.2, 0) is 20.6 Å². The van der Waals surface area contributed by atoms with Gasteiger partial charge in [-0.2, -0.15) is 0 Å². The smallest absolute Gasteiger partial charge is 0.167 e. The summed E-state index contributed by atoms with van der Waals surface area (Å²) in [6, 6.07) is 6.37. The second-order valence-corrected chi connectivity index (χ2v) is 12.3. The molecule has 6 rings (SSSR count). The fraction of sp³-hybridized carbons (Fsp3) is 0.600. The molecule has 0 amide bonds. The Morgan fingerprint density at radius 1 is 1.10 bits per heavy atom. The van der Waals surface area contributed by atoms with Crippen molar-refractivity contribution >= 4 is 28.0 Å². The number of hydrogen-bond acceptors (Lipinski definition) is 10. The minimum atomic E-state index is -0.711. The molecule has 0 bridgehead atoms. The number of H-pyrrole nitrogens is 1. The summed E-state index contributed by atoms with van der Waals surface area (Å²) in [4.78, 5) is 23.7. The number of imidazole rings is 2. The van der Waals surface area contributed by atoms with Gasteiger partial charge in [0, 0.05) is 25.1 Å². The number of nitrogens with two attached hydrogens (primary N) is 1. The normalized spacial score (nSPS) is 23.6. The summed E-state index contributed by atoms with van der Waals surface area (Å²) in [5.74, 6) is 1.48. The van der Waals surface area contributed by atoms with E-state index in [0.29, 0.717) is 23.0 Å². The van der Waals surface area contributed by atoms with Gasteiger partial charge in [-0.25, -0.2) is 19.9 Å². The van der Waals surface area contributed by atoms with Crippen molar-refractivity contribution in [3.8, 4) is 5.75 Å². The van der Waals surface area contributed by atoms with E-state index in [1.54, 1.807) is 6.33 Å². The lowest BCUT2D eigenvalue weighted by Crippen LogP contribution is -2.43. The van der Waals surface area contributed by atoms with Gasteiger partial charge in [-0.3, -0.25) is 9.47 Å². The second-order valence-electron chi connectivity index (χ2n) is 12.3. The van der Waals surface area contributed by atoms with Crippen LogP contribution in [-0.4, -0.2) is 83.7 Å². The number of nitrogen functional groups attached to an aromatic ring is 1. The maximum Gasteiger partial charge on any atom is 0.167 e. The highest BCUT2D eigenvalue weighted by Crippen LogP contribution is 2.44. The Balaban J connectivity index is 1.10. The second kappa shape index (κ2) is 11.4. The third kappa shape index (κ3) is 5.81. The van der Waals surface area contributed by atoms with Gasteiger partial charge in [0.25, 0.3) is 0 Å². The van der Waals surface area contributed by atoms with Gasteiger partial charge >= 0.3 is 0 Å². The molecule has 0 saturated carbocycles. The van der Waals surface area contributed by atoms with E-state index in [1.807, 2.05) is 50.5 Å². The van der Waals surface area contributed by atoms with Gasteiger partial charge in [0.2, 0.25) is 0 Å². The largest absolute Gasteiger partial charge is 0.491 e.